The van der Waals surface area contributed by atoms with Crippen LogP contribution in [0.15, 0.2) is 261 Å². The number of aromatic nitrogens is 5. The van der Waals surface area contributed by atoms with E-state index in [9.17, 15) is 0 Å². The van der Waals surface area contributed by atoms with E-state index in [4.69, 9.17) is 15.0 Å². The summed E-state index contributed by atoms with van der Waals surface area (Å²) in [4.78, 5) is 16.1. The molecule has 69 heavy (non-hydrogen) atoms. The van der Waals surface area contributed by atoms with Gasteiger partial charge in [0.1, 0.15) is 0 Å². The molecule has 0 saturated carbocycles. The number of fused-ring (bicyclic) bond motifs is 6. The molecule has 0 aliphatic carbocycles. The predicted octanol–water partition coefficient (Wildman–Crippen LogP) is 12.4. The van der Waals surface area contributed by atoms with Crippen molar-refractivity contribution in [3.05, 3.63) is 261 Å². The van der Waals surface area contributed by atoms with Gasteiger partial charge in [-0.2, -0.15) is 9.97 Å². The van der Waals surface area contributed by atoms with Gasteiger partial charge >= 0.3 is 0 Å². The first-order valence-corrected chi connectivity index (χ1v) is 25.4. The van der Waals surface area contributed by atoms with Crippen LogP contribution in [0.5, 0.6) is 0 Å². The molecule has 10 aromatic carbocycles. The summed E-state index contributed by atoms with van der Waals surface area (Å²) in [7, 11) is -2.76. The van der Waals surface area contributed by atoms with E-state index in [-0.39, 0.29) is 0 Å². The summed E-state index contributed by atoms with van der Waals surface area (Å²) in [6, 6.07) is 93.8. The van der Waals surface area contributed by atoms with Crippen LogP contribution in [0.4, 0.5) is 0 Å². The molecule has 0 saturated heterocycles. The molecule has 3 heterocycles. The highest BCUT2D eigenvalue weighted by molar-refractivity contribution is 7.19. The Morgan fingerprint density at radius 3 is 1.25 bits per heavy atom. The van der Waals surface area contributed by atoms with Gasteiger partial charge in [0.25, 0.3) is 0 Å². The van der Waals surface area contributed by atoms with Crippen molar-refractivity contribution in [1.29, 1.82) is 0 Å². The van der Waals surface area contributed by atoms with Crippen molar-refractivity contribution in [3.8, 4) is 45.5 Å². The van der Waals surface area contributed by atoms with Crippen LogP contribution in [-0.2, 0) is 0 Å². The summed E-state index contributed by atoms with van der Waals surface area (Å²) in [6.45, 7) is 0. The second-order valence-electron chi connectivity index (χ2n) is 17.6. The lowest BCUT2D eigenvalue weighted by Crippen LogP contribution is -2.74. The molecule has 0 unspecified atom stereocenters. The van der Waals surface area contributed by atoms with Crippen LogP contribution in [0.3, 0.4) is 0 Å². The summed E-state index contributed by atoms with van der Waals surface area (Å²) in [5.74, 6) is 1.76. The number of para-hydroxylation sites is 3. The summed E-state index contributed by atoms with van der Waals surface area (Å²) in [6.07, 6.45) is 0. The van der Waals surface area contributed by atoms with E-state index in [1.807, 2.05) is 6.07 Å². The summed E-state index contributed by atoms with van der Waals surface area (Å²) < 4.78 is 4.59. The first kappa shape index (κ1) is 40.3. The molecule has 0 amide bonds. The second-order valence-corrected chi connectivity index (χ2v) is 21.4. The molecular weight excluding hydrogens is 855 g/mol. The van der Waals surface area contributed by atoms with Crippen LogP contribution in [0.2, 0.25) is 0 Å². The highest BCUT2D eigenvalue weighted by Crippen LogP contribution is 2.37. The van der Waals surface area contributed by atoms with Crippen LogP contribution in [0, 0.1) is 0 Å². The van der Waals surface area contributed by atoms with Gasteiger partial charge in [-0.1, -0.05) is 218 Å². The highest BCUT2D eigenvalue weighted by Gasteiger charge is 2.41. The third-order valence-corrected chi connectivity index (χ3v) is 18.5. The van der Waals surface area contributed by atoms with Crippen molar-refractivity contribution >= 4 is 72.4 Å². The molecule has 0 aliphatic rings. The van der Waals surface area contributed by atoms with Gasteiger partial charge in [0.2, 0.25) is 5.95 Å². The number of hydrogen-bond acceptors (Lipinski definition) is 3. The first-order valence-electron chi connectivity index (χ1n) is 23.4. The Bertz CT molecular complexity index is 3850. The van der Waals surface area contributed by atoms with Crippen molar-refractivity contribution in [3.63, 3.8) is 0 Å². The van der Waals surface area contributed by atoms with E-state index in [0.29, 0.717) is 17.6 Å². The summed E-state index contributed by atoms with van der Waals surface area (Å²) in [5, 5.41) is 9.96. The molecule has 0 aliphatic heterocycles. The predicted molar refractivity (Wildman–Crippen MR) is 288 cm³/mol. The zero-order valence-electron chi connectivity index (χ0n) is 37.6. The lowest BCUT2D eigenvalue weighted by molar-refractivity contribution is 0.953. The van der Waals surface area contributed by atoms with E-state index in [2.05, 4.69) is 264 Å². The molecule has 0 atom stereocenters. The van der Waals surface area contributed by atoms with Crippen LogP contribution >= 0.6 is 0 Å². The van der Waals surface area contributed by atoms with Gasteiger partial charge in [0.05, 0.1) is 22.1 Å². The van der Waals surface area contributed by atoms with Crippen LogP contribution in [-0.4, -0.2) is 32.2 Å². The molecule has 13 rings (SSSR count). The Balaban J connectivity index is 1.02. The maximum atomic E-state index is 5.42. The van der Waals surface area contributed by atoms with Gasteiger partial charge < -0.3 is 4.57 Å². The average Bonchev–Trinajstić information content (AvgIpc) is 3.95. The Hall–Kier alpha value is -8.97. The zero-order valence-corrected chi connectivity index (χ0v) is 38.6. The standard InChI is InChI=1S/C63H43N5Si/c1-5-20-44(21-6-1)46-22-19-23-47(42-46)62-64-61(45-36-39-52(40-37-45)69(49-24-7-2-8-25-49,50-26-9-3-10-27-50)51-28-11-4-12-29-51)65-63(66-62)68-59-35-18-15-32-55(59)56-43-48(38-41-60(56)68)67-57-33-16-13-30-53(57)54-31-14-17-34-58(54)67/h1-43H. The van der Waals surface area contributed by atoms with Crippen molar-refractivity contribution < 1.29 is 0 Å². The highest BCUT2D eigenvalue weighted by atomic mass is 28.3. The van der Waals surface area contributed by atoms with Crippen molar-refractivity contribution in [2.75, 3.05) is 0 Å². The third kappa shape index (κ3) is 6.72. The summed E-state index contributed by atoms with van der Waals surface area (Å²) in [5.41, 5.74) is 9.54. The van der Waals surface area contributed by atoms with Crippen molar-refractivity contribution in [1.82, 2.24) is 24.1 Å². The molecular formula is C63H43N5Si. The van der Waals surface area contributed by atoms with Gasteiger partial charge in [-0.05, 0) is 74.3 Å². The fraction of sp³-hybridized carbons (Fsp3) is 0. The van der Waals surface area contributed by atoms with Gasteiger partial charge in [0, 0.05) is 38.4 Å². The van der Waals surface area contributed by atoms with Crippen molar-refractivity contribution in [2.45, 2.75) is 0 Å². The molecule has 13 aromatic rings. The van der Waals surface area contributed by atoms with Gasteiger partial charge in [0.15, 0.2) is 19.7 Å². The number of benzene rings is 10. The van der Waals surface area contributed by atoms with Crippen LogP contribution in [0.1, 0.15) is 0 Å². The Morgan fingerprint density at radius 2 is 0.681 bits per heavy atom. The maximum absolute atomic E-state index is 5.42. The summed E-state index contributed by atoms with van der Waals surface area (Å²) >= 11 is 0. The van der Waals surface area contributed by atoms with Crippen LogP contribution < -0.4 is 20.7 Å². The molecule has 324 valence electrons. The normalized spacial score (nSPS) is 11.8. The Labute approximate surface area is 400 Å². The van der Waals surface area contributed by atoms with E-state index in [0.717, 1.165) is 49.7 Å². The molecule has 0 radical (unpaired) electrons. The average molecular weight is 898 g/mol. The lowest BCUT2D eigenvalue weighted by atomic mass is 10.0. The topological polar surface area (TPSA) is 48.5 Å². The van der Waals surface area contributed by atoms with Gasteiger partial charge in [-0.25, -0.2) is 4.98 Å². The smallest absolute Gasteiger partial charge is 0.238 e. The number of nitrogens with zero attached hydrogens (tertiary/aromatic N) is 5. The molecule has 3 aromatic heterocycles. The molecule has 0 N–H and O–H groups in total. The van der Waals surface area contributed by atoms with E-state index in [1.165, 1.54) is 42.6 Å². The maximum Gasteiger partial charge on any atom is 0.238 e. The molecule has 5 nitrogen and oxygen atoms in total. The monoisotopic (exact) mass is 897 g/mol. The molecule has 0 bridgehead atoms. The van der Waals surface area contributed by atoms with Crippen LogP contribution in [0.25, 0.3) is 89.2 Å². The largest absolute Gasteiger partial charge is 0.309 e. The second kappa shape index (κ2) is 16.7. The minimum Gasteiger partial charge on any atom is -0.309 e. The minimum absolute atomic E-state index is 0.557. The quantitative estimate of drug-likeness (QED) is 0.107. The SMILES string of the molecule is c1ccc(-c2cccc(-c3nc(-c4ccc([Si](c5ccccc5)(c5ccccc5)c5ccccc5)cc4)nc(-n4c5ccccc5c5cc(-n6c7ccccc7c7ccccc76)ccc54)n3)c2)cc1. The van der Waals surface area contributed by atoms with Crippen molar-refractivity contribution in [2.24, 2.45) is 0 Å². The fourth-order valence-electron chi connectivity index (χ4n) is 10.6. The van der Waals surface area contributed by atoms with E-state index < -0.39 is 8.07 Å². The third-order valence-electron chi connectivity index (χ3n) is 13.7. The fourth-order valence-corrected chi connectivity index (χ4v) is 15.4. The number of rotatable bonds is 9. The van der Waals surface area contributed by atoms with E-state index in [1.54, 1.807) is 0 Å². The first-order chi connectivity index (χ1) is 34.2. The van der Waals surface area contributed by atoms with Gasteiger partial charge in [-0.3, -0.25) is 4.57 Å². The zero-order chi connectivity index (χ0) is 45.7. The lowest BCUT2D eigenvalue weighted by Gasteiger charge is -2.34. The Morgan fingerprint density at radius 1 is 0.261 bits per heavy atom. The molecule has 0 spiro atoms. The molecule has 0 fully saturated rings. The Kier molecular flexibility index (Phi) is 9.77. The minimum atomic E-state index is -2.76. The van der Waals surface area contributed by atoms with Gasteiger partial charge in [-0.15, -0.1) is 0 Å². The number of hydrogen-bond donors (Lipinski definition) is 0. The van der Waals surface area contributed by atoms with E-state index >= 15 is 0 Å². The molecule has 6 heteroatoms.